The van der Waals surface area contributed by atoms with Crippen LogP contribution in [0.3, 0.4) is 0 Å². The van der Waals surface area contributed by atoms with Crippen LogP contribution in [0.5, 0.6) is 0 Å². The summed E-state index contributed by atoms with van der Waals surface area (Å²) in [6, 6.07) is 4.54. The normalized spacial score (nSPS) is 22.1. The third-order valence-electron chi connectivity index (χ3n) is 4.18. The van der Waals surface area contributed by atoms with E-state index < -0.39 is 5.82 Å². The fourth-order valence-corrected chi connectivity index (χ4v) is 3.25. The number of carbonyl (C=O) groups excluding carboxylic acids is 1. The second-order valence-electron chi connectivity index (χ2n) is 5.92. The molecule has 0 aromatic heterocycles. The number of carbonyl (C=O) groups is 1. The first-order chi connectivity index (χ1) is 9.93. The summed E-state index contributed by atoms with van der Waals surface area (Å²) in [5.74, 6) is -0.0723. The van der Waals surface area contributed by atoms with E-state index in [0.717, 1.165) is 19.4 Å². The Morgan fingerprint density at radius 2 is 2.14 bits per heavy atom. The standard InChI is InChI=1S/C16H22ClFN2O/c1-4-5-12-9-20(10-15(12)19(2)3)16(21)11-6-7-14(18)13(17)8-11/h6-8,12,15H,4-5,9-10H2,1-3H3/t12-,15-/m1/s1. The number of likely N-dealkylation sites (tertiary alicyclic amines) is 1. The zero-order chi connectivity index (χ0) is 15.6. The SMILES string of the molecule is CCC[C@@H]1CN(C(=O)c2ccc(F)c(Cl)c2)C[C@H]1N(C)C. The van der Waals surface area contributed by atoms with E-state index in [4.69, 9.17) is 11.6 Å². The number of benzene rings is 1. The zero-order valence-electron chi connectivity index (χ0n) is 12.8. The zero-order valence-corrected chi connectivity index (χ0v) is 13.5. The minimum absolute atomic E-state index is 0.00526. The van der Waals surface area contributed by atoms with Crippen LogP contribution in [0.4, 0.5) is 4.39 Å². The molecule has 1 aliphatic rings. The molecule has 2 rings (SSSR count). The third kappa shape index (κ3) is 3.55. The molecule has 0 aliphatic carbocycles. The largest absolute Gasteiger partial charge is 0.337 e. The highest BCUT2D eigenvalue weighted by Crippen LogP contribution is 2.27. The highest BCUT2D eigenvalue weighted by atomic mass is 35.5. The highest BCUT2D eigenvalue weighted by molar-refractivity contribution is 6.31. The molecule has 0 bridgehead atoms. The maximum Gasteiger partial charge on any atom is 0.253 e. The van der Waals surface area contributed by atoms with Crippen LogP contribution < -0.4 is 0 Å². The van der Waals surface area contributed by atoms with Gasteiger partial charge >= 0.3 is 0 Å². The smallest absolute Gasteiger partial charge is 0.253 e. The van der Waals surface area contributed by atoms with Gasteiger partial charge in [-0.3, -0.25) is 4.79 Å². The van der Waals surface area contributed by atoms with Gasteiger partial charge in [0, 0.05) is 24.7 Å². The molecule has 3 nitrogen and oxygen atoms in total. The van der Waals surface area contributed by atoms with Crippen molar-refractivity contribution in [3.8, 4) is 0 Å². The van der Waals surface area contributed by atoms with Gasteiger partial charge in [0.2, 0.25) is 0 Å². The minimum atomic E-state index is -0.496. The quantitative estimate of drug-likeness (QED) is 0.852. The lowest BCUT2D eigenvalue weighted by Crippen LogP contribution is -2.36. The van der Waals surface area contributed by atoms with Crippen molar-refractivity contribution in [3.63, 3.8) is 0 Å². The van der Waals surface area contributed by atoms with Gasteiger partial charge in [-0.15, -0.1) is 0 Å². The number of halogens is 2. The van der Waals surface area contributed by atoms with Crippen LogP contribution in [0.15, 0.2) is 18.2 Å². The molecule has 0 saturated carbocycles. The molecule has 0 unspecified atom stereocenters. The van der Waals surface area contributed by atoms with Crippen LogP contribution >= 0.6 is 11.6 Å². The molecule has 116 valence electrons. The van der Waals surface area contributed by atoms with E-state index in [2.05, 4.69) is 25.9 Å². The van der Waals surface area contributed by atoms with E-state index in [0.29, 0.717) is 24.1 Å². The molecule has 1 aromatic rings. The average Bonchev–Trinajstić information content (AvgIpc) is 2.86. The Morgan fingerprint density at radius 3 is 2.71 bits per heavy atom. The van der Waals surface area contributed by atoms with Gasteiger partial charge in [-0.2, -0.15) is 0 Å². The van der Waals surface area contributed by atoms with Crippen LogP contribution in [0, 0.1) is 11.7 Å². The van der Waals surface area contributed by atoms with E-state index in [1.165, 1.54) is 18.2 Å². The maximum absolute atomic E-state index is 13.2. The lowest BCUT2D eigenvalue weighted by molar-refractivity contribution is 0.0781. The number of nitrogens with zero attached hydrogens (tertiary/aromatic N) is 2. The van der Waals surface area contributed by atoms with Crippen LogP contribution in [0.25, 0.3) is 0 Å². The molecular weight excluding hydrogens is 291 g/mol. The van der Waals surface area contributed by atoms with E-state index in [9.17, 15) is 9.18 Å². The Hall–Kier alpha value is -1.13. The van der Waals surface area contributed by atoms with Gasteiger partial charge in [-0.25, -0.2) is 4.39 Å². The molecule has 1 heterocycles. The second kappa shape index (κ2) is 6.75. The summed E-state index contributed by atoms with van der Waals surface area (Å²) in [6.45, 7) is 3.63. The Kier molecular flexibility index (Phi) is 5.22. The highest BCUT2D eigenvalue weighted by Gasteiger charge is 2.36. The predicted octanol–water partition coefficient (Wildman–Crippen LogP) is 3.28. The summed E-state index contributed by atoms with van der Waals surface area (Å²) in [6.07, 6.45) is 2.22. The monoisotopic (exact) mass is 312 g/mol. The second-order valence-corrected chi connectivity index (χ2v) is 6.33. The molecule has 5 heteroatoms. The fraction of sp³-hybridized carbons (Fsp3) is 0.562. The van der Waals surface area contributed by atoms with Crippen LogP contribution in [0.1, 0.15) is 30.1 Å². The number of hydrogen-bond donors (Lipinski definition) is 0. The Labute approximate surface area is 130 Å². The average molecular weight is 313 g/mol. The molecule has 1 fully saturated rings. The van der Waals surface area contributed by atoms with Crippen LogP contribution in [0.2, 0.25) is 5.02 Å². The predicted molar refractivity (Wildman–Crippen MR) is 83.2 cm³/mol. The number of likely N-dealkylation sites (N-methyl/N-ethyl adjacent to an activating group) is 1. The van der Waals surface area contributed by atoms with Crippen molar-refractivity contribution in [2.75, 3.05) is 27.2 Å². The van der Waals surface area contributed by atoms with Crippen LogP contribution in [-0.2, 0) is 0 Å². The molecule has 1 saturated heterocycles. The van der Waals surface area contributed by atoms with E-state index in [1.807, 2.05) is 4.90 Å². The molecule has 0 radical (unpaired) electrons. The van der Waals surface area contributed by atoms with Gasteiger partial charge < -0.3 is 9.80 Å². The van der Waals surface area contributed by atoms with E-state index in [-0.39, 0.29) is 10.9 Å². The number of hydrogen-bond acceptors (Lipinski definition) is 2. The summed E-state index contributed by atoms with van der Waals surface area (Å²) >= 11 is 5.77. The maximum atomic E-state index is 13.2. The minimum Gasteiger partial charge on any atom is -0.337 e. The summed E-state index contributed by atoms with van der Waals surface area (Å²) in [5.41, 5.74) is 0.455. The molecule has 2 atom stereocenters. The third-order valence-corrected chi connectivity index (χ3v) is 4.47. The van der Waals surface area contributed by atoms with Crippen molar-refractivity contribution < 1.29 is 9.18 Å². The van der Waals surface area contributed by atoms with Crippen molar-refractivity contribution in [2.45, 2.75) is 25.8 Å². The van der Waals surface area contributed by atoms with Gasteiger partial charge in [0.15, 0.2) is 0 Å². The van der Waals surface area contributed by atoms with Crippen molar-refractivity contribution in [1.82, 2.24) is 9.80 Å². The topological polar surface area (TPSA) is 23.6 Å². The van der Waals surface area contributed by atoms with Gasteiger partial charge in [0.1, 0.15) is 5.82 Å². The molecule has 1 aliphatic heterocycles. The van der Waals surface area contributed by atoms with Crippen molar-refractivity contribution in [1.29, 1.82) is 0 Å². The number of rotatable bonds is 4. The van der Waals surface area contributed by atoms with Gasteiger partial charge in [0.25, 0.3) is 5.91 Å². The number of amides is 1. The first-order valence-corrected chi connectivity index (χ1v) is 7.72. The Bertz CT molecular complexity index is 521. The van der Waals surface area contributed by atoms with Gasteiger partial charge in [-0.05, 0) is 44.6 Å². The fourth-order valence-electron chi connectivity index (χ4n) is 3.07. The Morgan fingerprint density at radius 1 is 1.43 bits per heavy atom. The van der Waals surface area contributed by atoms with E-state index in [1.54, 1.807) is 0 Å². The molecule has 1 amide bonds. The molecular formula is C16H22ClFN2O. The van der Waals surface area contributed by atoms with Crippen LogP contribution in [-0.4, -0.2) is 48.9 Å². The van der Waals surface area contributed by atoms with Gasteiger partial charge in [0.05, 0.1) is 5.02 Å². The van der Waals surface area contributed by atoms with Crippen molar-refractivity contribution >= 4 is 17.5 Å². The molecule has 1 aromatic carbocycles. The van der Waals surface area contributed by atoms with Gasteiger partial charge in [-0.1, -0.05) is 24.9 Å². The summed E-state index contributed by atoms with van der Waals surface area (Å²) in [5, 5.41) is -0.00526. The van der Waals surface area contributed by atoms with Crippen molar-refractivity contribution in [3.05, 3.63) is 34.6 Å². The lowest BCUT2D eigenvalue weighted by Gasteiger charge is -2.24. The molecule has 0 N–H and O–H groups in total. The first kappa shape index (κ1) is 16.2. The molecule has 0 spiro atoms. The first-order valence-electron chi connectivity index (χ1n) is 7.34. The summed E-state index contributed by atoms with van der Waals surface area (Å²) in [4.78, 5) is 16.6. The Balaban J connectivity index is 2.14. The molecule has 21 heavy (non-hydrogen) atoms. The summed E-state index contributed by atoms with van der Waals surface area (Å²) < 4.78 is 13.2. The lowest BCUT2D eigenvalue weighted by atomic mass is 9.98. The van der Waals surface area contributed by atoms with E-state index >= 15 is 0 Å². The summed E-state index contributed by atoms with van der Waals surface area (Å²) in [7, 11) is 4.10. The van der Waals surface area contributed by atoms with Crippen molar-refractivity contribution in [2.24, 2.45) is 5.92 Å².